The highest BCUT2D eigenvalue weighted by molar-refractivity contribution is 6.02. The second kappa shape index (κ2) is 9.29. The molecule has 0 bridgehead atoms. The third kappa shape index (κ3) is 5.59. The molecule has 2 aromatic carbocycles. The van der Waals surface area contributed by atoms with Crippen molar-refractivity contribution in [3.63, 3.8) is 0 Å². The number of hydrogen-bond acceptors (Lipinski definition) is 4. The summed E-state index contributed by atoms with van der Waals surface area (Å²) < 4.78 is 27.6. The van der Waals surface area contributed by atoms with Crippen molar-refractivity contribution in [2.75, 3.05) is 10.6 Å². The van der Waals surface area contributed by atoms with Crippen LogP contribution in [0.2, 0.25) is 0 Å². The molecule has 0 aliphatic rings. The van der Waals surface area contributed by atoms with Crippen LogP contribution >= 0.6 is 0 Å². The smallest absolute Gasteiger partial charge is 0.276 e. The van der Waals surface area contributed by atoms with E-state index < -0.39 is 29.0 Å². The number of carbonyl (C=O) groups is 2. The summed E-state index contributed by atoms with van der Waals surface area (Å²) in [5.74, 6) is -2.77. The van der Waals surface area contributed by atoms with E-state index in [1.54, 1.807) is 6.07 Å². The minimum Gasteiger partial charge on any atom is -0.324 e. The quantitative estimate of drug-likeness (QED) is 0.632. The second-order valence-electron chi connectivity index (χ2n) is 6.96. The maximum Gasteiger partial charge on any atom is 0.276 e. The Hall–Kier alpha value is -3.88. The van der Waals surface area contributed by atoms with Gasteiger partial charge in [-0.25, -0.2) is 13.5 Å². The third-order valence-electron chi connectivity index (χ3n) is 4.62. The van der Waals surface area contributed by atoms with Gasteiger partial charge in [-0.3, -0.25) is 14.4 Å². The molecule has 2 amide bonds. The van der Waals surface area contributed by atoms with E-state index in [0.717, 1.165) is 27.9 Å². The first kappa shape index (κ1) is 21.8. The number of nitrogens with one attached hydrogen (secondary N) is 2. The van der Waals surface area contributed by atoms with Crippen LogP contribution in [-0.2, 0) is 11.3 Å². The van der Waals surface area contributed by atoms with Crippen molar-refractivity contribution in [3.05, 3.63) is 87.3 Å². The zero-order valence-electron chi connectivity index (χ0n) is 16.9. The molecule has 0 saturated heterocycles. The first-order valence-electron chi connectivity index (χ1n) is 9.44. The molecule has 3 aromatic rings. The Labute approximate surface area is 176 Å². The van der Waals surface area contributed by atoms with E-state index in [0.29, 0.717) is 11.8 Å². The molecule has 9 heteroatoms. The third-order valence-corrected chi connectivity index (χ3v) is 4.62. The highest BCUT2D eigenvalue weighted by atomic mass is 19.1. The Kier molecular flexibility index (Phi) is 6.54. The summed E-state index contributed by atoms with van der Waals surface area (Å²) in [6.45, 7) is 3.75. The summed E-state index contributed by atoms with van der Waals surface area (Å²) in [5.41, 5.74) is 2.02. The van der Waals surface area contributed by atoms with Crippen molar-refractivity contribution < 1.29 is 18.4 Å². The number of aryl methyl sites for hydroxylation is 3. The van der Waals surface area contributed by atoms with Gasteiger partial charge in [-0.2, -0.15) is 5.10 Å². The molecule has 0 aliphatic heterocycles. The predicted octanol–water partition coefficient (Wildman–Crippen LogP) is 3.42. The molecule has 1 heterocycles. The SMILES string of the molecule is Cc1ccc(NC(=O)c2ccc(=O)n(CCC(=O)Nc3ccc(F)cc3F)n2)cc1C. The van der Waals surface area contributed by atoms with E-state index in [9.17, 15) is 23.2 Å². The van der Waals surface area contributed by atoms with Crippen LogP contribution in [0.25, 0.3) is 0 Å². The molecule has 0 radical (unpaired) electrons. The molecule has 0 unspecified atom stereocenters. The molecule has 31 heavy (non-hydrogen) atoms. The van der Waals surface area contributed by atoms with Crippen molar-refractivity contribution in [1.29, 1.82) is 0 Å². The Balaban J connectivity index is 1.66. The fourth-order valence-electron chi connectivity index (χ4n) is 2.76. The fourth-order valence-corrected chi connectivity index (χ4v) is 2.76. The lowest BCUT2D eigenvalue weighted by Crippen LogP contribution is -2.28. The average molecular weight is 426 g/mol. The van der Waals surface area contributed by atoms with Crippen molar-refractivity contribution in [2.24, 2.45) is 0 Å². The van der Waals surface area contributed by atoms with Crippen LogP contribution in [-0.4, -0.2) is 21.6 Å². The number of nitrogens with zero attached hydrogens (tertiary/aromatic N) is 2. The van der Waals surface area contributed by atoms with Crippen LogP contribution in [0.1, 0.15) is 28.0 Å². The highest BCUT2D eigenvalue weighted by Gasteiger charge is 2.13. The van der Waals surface area contributed by atoms with E-state index >= 15 is 0 Å². The Morgan fingerprint density at radius 2 is 1.74 bits per heavy atom. The molecule has 160 valence electrons. The van der Waals surface area contributed by atoms with Gasteiger partial charge in [0.05, 0.1) is 12.2 Å². The van der Waals surface area contributed by atoms with Gasteiger partial charge in [0.25, 0.3) is 11.5 Å². The fraction of sp³-hybridized carbons (Fsp3) is 0.182. The standard InChI is InChI=1S/C22H20F2N4O3/c1-13-3-5-16(11-14(13)2)25-22(31)19-7-8-21(30)28(27-19)10-9-20(29)26-18-6-4-15(23)12-17(18)24/h3-8,11-12H,9-10H2,1-2H3,(H,25,31)(H,26,29). The van der Waals surface area contributed by atoms with Gasteiger partial charge in [-0.1, -0.05) is 6.07 Å². The van der Waals surface area contributed by atoms with Crippen LogP contribution in [0.4, 0.5) is 20.2 Å². The van der Waals surface area contributed by atoms with Crippen LogP contribution in [0.15, 0.2) is 53.3 Å². The van der Waals surface area contributed by atoms with Crippen molar-refractivity contribution in [1.82, 2.24) is 9.78 Å². The van der Waals surface area contributed by atoms with Gasteiger partial charge in [0.15, 0.2) is 0 Å². The van der Waals surface area contributed by atoms with Crippen LogP contribution in [0, 0.1) is 25.5 Å². The minimum absolute atomic E-state index is 0.00261. The van der Waals surface area contributed by atoms with Gasteiger partial charge >= 0.3 is 0 Å². The topological polar surface area (TPSA) is 93.1 Å². The van der Waals surface area contributed by atoms with Gasteiger partial charge in [0.2, 0.25) is 5.91 Å². The molecule has 2 N–H and O–H groups in total. The first-order valence-corrected chi connectivity index (χ1v) is 9.44. The molecule has 0 aliphatic carbocycles. The molecule has 1 aromatic heterocycles. The second-order valence-corrected chi connectivity index (χ2v) is 6.96. The maximum atomic E-state index is 13.6. The number of amides is 2. The number of rotatable bonds is 6. The van der Waals surface area contributed by atoms with E-state index in [-0.39, 0.29) is 24.3 Å². The summed E-state index contributed by atoms with van der Waals surface area (Å²) in [6.07, 6.45) is -0.202. The number of carbonyl (C=O) groups excluding carboxylic acids is 2. The van der Waals surface area contributed by atoms with E-state index in [2.05, 4.69) is 15.7 Å². The number of anilines is 2. The molecule has 0 saturated carbocycles. The van der Waals surface area contributed by atoms with Gasteiger partial charge in [-0.05, 0) is 55.3 Å². The molecule has 0 atom stereocenters. The average Bonchev–Trinajstić information content (AvgIpc) is 2.72. The summed E-state index contributed by atoms with van der Waals surface area (Å²) in [5, 5.41) is 9.02. The zero-order chi connectivity index (χ0) is 22.5. The van der Waals surface area contributed by atoms with Crippen molar-refractivity contribution >= 4 is 23.2 Å². The Morgan fingerprint density at radius 3 is 2.45 bits per heavy atom. The number of benzene rings is 2. The summed E-state index contributed by atoms with van der Waals surface area (Å²) in [6, 6.07) is 10.7. The predicted molar refractivity (Wildman–Crippen MR) is 112 cm³/mol. The normalized spacial score (nSPS) is 10.6. The van der Waals surface area contributed by atoms with Gasteiger partial charge in [0, 0.05) is 24.2 Å². The largest absolute Gasteiger partial charge is 0.324 e. The first-order chi connectivity index (χ1) is 14.7. The zero-order valence-corrected chi connectivity index (χ0v) is 16.9. The molecule has 3 rings (SSSR count). The minimum atomic E-state index is -0.909. The maximum absolute atomic E-state index is 13.6. The summed E-state index contributed by atoms with van der Waals surface area (Å²) in [7, 11) is 0. The molecular weight excluding hydrogens is 406 g/mol. The van der Waals surface area contributed by atoms with E-state index in [1.165, 1.54) is 12.1 Å². The number of hydrogen-bond donors (Lipinski definition) is 2. The van der Waals surface area contributed by atoms with Crippen LogP contribution in [0.3, 0.4) is 0 Å². The van der Waals surface area contributed by atoms with Crippen molar-refractivity contribution in [2.45, 2.75) is 26.8 Å². The van der Waals surface area contributed by atoms with Crippen molar-refractivity contribution in [3.8, 4) is 0 Å². The Bertz CT molecular complexity index is 1210. The Morgan fingerprint density at radius 1 is 0.968 bits per heavy atom. The van der Waals surface area contributed by atoms with E-state index in [1.807, 2.05) is 26.0 Å². The molecule has 0 fully saturated rings. The lowest BCUT2D eigenvalue weighted by Gasteiger charge is -2.10. The van der Waals surface area contributed by atoms with Gasteiger partial charge in [-0.15, -0.1) is 0 Å². The molecule has 0 spiro atoms. The molecular formula is C22H20F2N4O3. The van der Waals surface area contributed by atoms with Crippen LogP contribution in [0.5, 0.6) is 0 Å². The highest BCUT2D eigenvalue weighted by Crippen LogP contribution is 2.16. The monoisotopic (exact) mass is 426 g/mol. The summed E-state index contributed by atoms with van der Waals surface area (Å²) in [4.78, 5) is 36.6. The molecule has 7 nitrogen and oxygen atoms in total. The van der Waals surface area contributed by atoms with Gasteiger partial charge < -0.3 is 10.6 Å². The van der Waals surface area contributed by atoms with Gasteiger partial charge in [0.1, 0.15) is 17.3 Å². The van der Waals surface area contributed by atoms with E-state index in [4.69, 9.17) is 0 Å². The number of aromatic nitrogens is 2. The van der Waals surface area contributed by atoms with Crippen LogP contribution < -0.4 is 16.2 Å². The lowest BCUT2D eigenvalue weighted by molar-refractivity contribution is -0.116. The number of halogens is 2. The summed E-state index contributed by atoms with van der Waals surface area (Å²) >= 11 is 0. The lowest BCUT2D eigenvalue weighted by atomic mass is 10.1.